The topological polar surface area (TPSA) is 105 Å². The monoisotopic (exact) mass is 384 g/mol. The van der Waals surface area contributed by atoms with E-state index < -0.39 is 28.6 Å². The maximum atomic E-state index is 12.3. The number of benzene rings is 2. The first-order valence-corrected chi connectivity index (χ1v) is 9.05. The van der Waals surface area contributed by atoms with Crippen molar-refractivity contribution >= 4 is 33.2 Å². The van der Waals surface area contributed by atoms with Crippen molar-refractivity contribution in [2.75, 3.05) is 19.0 Å². The van der Waals surface area contributed by atoms with Gasteiger partial charge in [-0.3, -0.25) is 4.79 Å². The first-order valence-electron chi connectivity index (χ1n) is 7.19. The summed E-state index contributed by atoms with van der Waals surface area (Å²) in [5.41, 5.74) is 0.440. The average Bonchev–Trinajstić information content (AvgIpc) is 2.60. The van der Waals surface area contributed by atoms with Gasteiger partial charge in [-0.2, -0.15) is 4.72 Å². The number of rotatable bonds is 7. The summed E-state index contributed by atoms with van der Waals surface area (Å²) in [7, 11) is -2.47. The Morgan fingerprint density at radius 2 is 1.76 bits per heavy atom. The largest absolute Gasteiger partial charge is 0.497 e. The Morgan fingerprint density at radius 3 is 2.28 bits per heavy atom. The molecule has 0 aromatic heterocycles. The van der Waals surface area contributed by atoms with Gasteiger partial charge in [-0.15, -0.1) is 0 Å². The third-order valence-corrected chi connectivity index (χ3v) is 5.02. The fourth-order valence-electron chi connectivity index (χ4n) is 1.95. The summed E-state index contributed by atoms with van der Waals surface area (Å²) in [6.45, 7) is -0.700. The molecule has 0 spiro atoms. The van der Waals surface area contributed by atoms with Crippen LogP contribution in [0.15, 0.2) is 53.4 Å². The number of hydrogen-bond donors (Lipinski definition) is 3. The van der Waals surface area contributed by atoms with Crippen molar-refractivity contribution in [3.05, 3.63) is 53.6 Å². The number of amides is 1. The van der Waals surface area contributed by atoms with Crippen LogP contribution in [0.3, 0.4) is 0 Å². The molecule has 1 amide bonds. The number of sulfonamides is 1. The van der Waals surface area contributed by atoms with E-state index in [4.69, 9.17) is 16.3 Å². The molecule has 2 aromatic rings. The molecule has 1 unspecified atom stereocenters. The number of halogens is 1. The lowest BCUT2D eigenvalue weighted by Gasteiger charge is -2.16. The average molecular weight is 385 g/mol. The van der Waals surface area contributed by atoms with E-state index in [0.717, 1.165) is 0 Å². The minimum atomic E-state index is -3.99. The van der Waals surface area contributed by atoms with Crippen molar-refractivity contribution in [3.63, 3.8) is 0 Å². The number of anilines is 1. The molecule has 0 aliphatic rings. The van der Waals surface area contributed by atoms with E-state index >= 15 is 0 Å². The van der Waals surface area contributed by atoms with E-state index in [0.29, 0.717) is 16.5 Å². The van der Waals surface area contributed by atoms with Gasteiger partial charge in [-0.1, -0.05) is 11.6 Å². The molecule has 1 atom stereocenters. The summed E-state index contributed by atoms with van der Waals surface area (Å²) in [6.07, 6.45) is 0. The van der Waals surface area contributed by atoms with Crippen molar-refractivity contribution in [3.8, 4) is 5.75 Å². The van der Waals surface area contributed by atoms with E-state index in [-0.39, 0.29) is 4.90 Å². The van der Waals surface area contributed by atoms with Crippen LogP contribution in [0, 0.1) is 0 Å². The molecule has 0 aliphatic carbocycles. The van der Waals surface area contributed by atoms with Crippen LogP contribution in [0.2, 0.25) is 5.02 Å². The lowest BCUT2D eigenvalue weighted by molar-refractivity contribution is -0.118. The SMILES string of the molecule is COc1ccc(NC(=O)C(CO)NS(=O)(=O)c2ccc(Cl)cc2)cc1. The number of hydrogen-bond acceptors (Lipinski definition) is 5. The Morgan fingerprint density at radius 1 is 1.16 bits per heavy atom. The molecule has 2 rings (SSSR count). The molecule has 25 heavy (non-hydrogen) atoms. The van der Waals surface area contributed by atoms with Crippen molar-refractivity contribution in [1.29, 1.82) is 0 Å². The van der Waals surface area contributed by atoms with Gasteiger partial charge < -0.3 is 15.2 Å². The number of nitrogens with one attached hydrogen (secondary N) is 2. The Kier molecular flexibility index (Phi) is 6.38. The van der Waals surface area contributed by atoms with Gasteiger partial charge in [0.05, 0.1) is 18.6 Å². The fourth-order valence-corrected chi connectivity index (χ4v) is 3.26. The summed E-state index contributed by atoms with van der Waals surface area (Å²) in [4.78, 5) is 12.1. The summed E-state index contributed by atoms with van der Waals surface area (Å²) in [6, 6.07) is 10.6. The number of aliphatic hydroxyl groups excluding tert-OH is 1. The lowest BCUT2D eigenvalue weighted by atomic mass is 10.2. The van der Waals surface area contributed by atoms with Gasteiger partial charge in [0.15, 0.2) is 0 Å². The molecule has 0 aliphatic heterocycles. The third kappa shape index (κ3) is 5.17. The number of ether oxygens (including phenoxy) is 1. The fraction of sp³-hybridized carbons (Fsp3) is 0.188. The first kappa shape index (κ1) is 19.2. The highest BCUT2D eigenvalue weighted by Gasteiger charge is 2.25. The molecule has 0 saturated heterocycles. The highest BCUT2D eigenvalue weighted by atomic mass is 35.5. The Labute approximate surface area is 150 Å². The Bertz CT molecular complexity index is 823. The molecule has 0 fully saturated rings. The van der Waals surface area contributed by atoms with Gasteiger partial charge in [0.2, 0.25) is 15.9 Å². The van der Waals surface area contributed by atoms with Crippen LogP contribution in [-0.2, 0) is 14.8 Å². The van der Waals surface area contributed by atoms with E-state index in [1.165, 1.54) is 31.4 Å². The zero-order valence-corrected chi connectivity index (χ0v) is 14.8. The minimum absolute atomic E-state index is 0.0624. The minimum Gasteiger partial charge on any atom is -0.497 e. The molecule has 7 nitrogen and oxygen atoms in total. The van der Waals surface area contributed by atoms with Crippen molar-refractivity contribution in [2.24, 2.45) is 0 Å². The van der Waals surface area contributed by atoms with Crippen LogP contribution in [0.4, 0.5) is 5.69 Å². The first-order chi connectivity index (χ1) is 11.9. The maximum absolute atomic E-state index is 12.3. The second kappa shape index (κ2) is 8.30. The summed E-state index contributed by atoms with van der Waals surface area (Å²) in [5.74, 6) is -0.0784. The molecule has 9 heteroatoms. The van der Waals surface area contributed by atoms with Gasteiger partial charge in [0.25, 0.3) is 0 Å². The van der Waals surface area contributed by atoms with Gasteiger partial charge in [0, 0.05) is 10.7 Å². The lowest BCUT2D eigenvalue weighted by Crippen LogP contribution is -2.46. The van der Waals surface area contributed by atoms with Crippen molar-refractivity contribution in [1.82, 2.24) is 4.72 Å². The molecular formula is C16H17ClN2O5S. The molecule has 0 radical (unpaired) electrons. The van der Waals surface area contributed by atoms with Gasteiger partial charge in [0.1, 0.15) is 11.8 Å². The molecule has 0 bridgehead atoms. The van der Waals surface area contributed by atoms with Gasteiger partial charge in [-0.25, -0.2) is 8.42 Å². The molecule has 3 N–H and O–H groups in total. The highest BCUT2D eigenvalue weighted by Crippen LogP contribution is 2.16. The zero-order valence-electron chi connectivity index (χ0n) is 13.3. The summed E-state index contributed by atoms with van der Waals surface area (Å²) < 4.78 is 31.8. The number of carbonyl (C=O) groups excluding carboxylic acids is 1. The van der Waals surface area contributed by atoms with E-state index in [1.807, 2.05) is 0 Å². The number of methoxy groups -OCH3 is 1. The Hall–Kier alpha value is -2.13. The standard InChI is InChI=1S/C16H17ClN2O5S/c1-24-13-6-4-12(5-7-13)18-16(21)15(10-20)19-25(22,23)14-8-2-11(17)3-9-14/h2-9,15,19-20H,10H2,1H3,(H,18,21). The molecule has 0 heterocycles. The number of aliphatic hydroxyl groups is 1. The maximum Gasteiger partial charge on any atom is 0.244 e. The van der Waals surface area contributed by atoms with Crippen molar-refractivity contribution < 1.29 is 23.1 Å². The summed E-state index contributed by atoms with van der Waals surface area (Å²) in [5, 5.41) is 12.3. The third-order valence-electron chi connectivity index (χ3n) is 3.28. The van der Waals surface area contributed by atoms with Crippen LogP contribution in [0.5, 0.6) is 5.75 Å². The highest BCUT2D eigenvalue weighted by molar-refractivity contribution is 7.89. The van der Waals surface area contributed by atoms with E-state index in [2.05, 4.69) is 10.0 Å². The van der Waals surface area contributed by atoms with Gasteiger partial charge in [-0.05, 0) is 48.5 Å². The van der Waals surface area contributed by atoms with Crippen LogP contribution >= 0.6 is 11.6 Å². The van der Waals surface area contributed by atoms with E-state index in [9.17, 15) is 18.3 Å². The van der Waals surface area contributed by atoms with Crippen molar-refractivity contribution in [2.45, 2.75) is 10.9 Å². The second-order valence-corrected chi connectivity index (χ2v) is 7.18. The van der Waals surface area contributed by atoms with Crippen LogP contribution < -0.4 is 14.8 Å². The normalized spacial score (nSPS) is 12.4. The molecule has 0 saturated carbocycles. The Balaban J connectivity index is 2.09. The van der Waals surface area contributed by atoms with Crippen LogP contribution in [0.25, 0.3) is 0 Å². The number of carbonyl (C=O) groups is 1. The second-order valence-electron chi connectivity index (χ2n) is 5.03. The smallest absolute Gasteiger partial charge is 0.244 e. The quantitative estimate of drug-likeness (QED) is 0.673. The zero-order chi connectivity index (χ0) is 18.4. The predicted molar refractivity (Wildman–Crippen MR) is 94.3 cm³/mol. The summed E-state index contributed by atoms with van der Waals surface area (Å²) >= 11 is 5.73. The molecule has 134 valence electrons. The molecular weight excluding hydrogens is 368 g/mol. The van der Waals surface area contributed by atoms with Crippen LogP contribution in [0.1, 0.15) is 0 Å². The van der Waals surface area contributed by atoms with E-state index in [1.54, 1.807) is 24.3 Å². The van der Waals surface area contributed by atoms with Crippen LogP contribution in [-0.4, -0.2) is 39.2 Å². The molecule has 2 aromatic carbocycles. The van der Waals surface area contributed by atoms with Gasteiger partial charge >= 0.3 is 0 Å². The predicted octanol–water partition coefficient (Wildman–Crippen LogP) is 1.63.